The lowest BCUT2D eigenvalue weighted by Crippen LogP contribution is -2.08. The Morgan fingerprint density at radius 3 is 2.04 bits per heavy atom. The molecule has 4 aromatic rings. The van der Waals surface area contributed by atoms with Crippen molar-refractivity contribution in [3.8, 4) is 22.6 Å². The number of hydrogen-bond acceptors (Lipinski definition) is 2. The summed E-state index contributed by atoms with van der Waals surface area (Å²) < 4.78 is 6.25. The molecule has 0 fully saturated rings. The number of rotatable bonds is 4. The third-order valence-corrected chi connectivity index (χ3v) is 4.82. The molecule has 0 aliphatic carbocycles. The van der Waals surface area contributed by atoms with Crippen molar-refractivity contribution in [1.29, 1.82) is 0 Å². The normalized spacial score (nSPS) is 12.7. The van der Waals surface area contributed by atoms with Crippen LogP contribution < -0.4 is 4.74 Å². The second-order valence-corrected chi connectivity index (χ2v) is 6.69. The smallest absolute Gasteiger partial charge is 0.128 e. The van der Waals surface area contributed by atoms with Gasteiger partial charge in [0.25, 0.3) is 0 Å². The third-order valence-electron chi connectivity index (χ3n) is 4.82. The second kappa shape index (κ2) is 7.16. The molecule has 0 aliphatic heterocycles. The Bertz CT molecular complexity index is 1140. The summed E-state index contributed by atoms with van der Waals surface area (Å²) in [7, 11) is 0. The molecule has 0 aromatic heterocycles. The number of benzene rings is 4. The summed E-state index contributed by atoms with van der Waals surface area (Å²) in [6, 6.07) is 24.1. The van der Waals surface area contributed by atoms with Crippen molar-refractivity contribution in [2.24, 2.45) is 0 Å². The zero-order valence-corrected chi connectivity index (χ0v) is 15.5. The second-order valence-electron chi connectivity index (χ2n) is 6.69. The van der Waals surface area contributed by atoms with Gasteiger partial charge in [-0.2, -0.15) is 0 Å². The van der Waals surface area contributed by atoms with E-state index in [-0.39, 0.29) is 11.9 Å². The predicted molar refractivity (Wildman–Crippen MR) is 113 cm³/mol. The molecule has 0 saturated heterocycles. The van der Waals surface area contributed by atoms with Gasteiger partial charge in [0.1, 0.15) is 17.6 Å². The topological polar surface area (TPSA) is 29.5 Å². The number of aromatic hydroxyl groups is 1. The minimum atomic E-state index is -0.0629. The Morgan fingerprint density at radius 2 is 1.37 bits per heavy atom. The molecule has 0 unspecified atom stereocenters. The van der Waals surface area contributed by atoms with Crippen LogP contribution in [-0.4, -0.2) is 11.2 Å². The van der Waals surface area contributed by atoms with Gasteiger partial charge in [0, 0.05) is 11.1 Å². The quantitative estimate of drug-likeness (QED) is 0.413. The van der Waals surface area contributed by atoms with Gasteiger partial charge in [-0.25, -0.2) is 0 Å². The first-order valence-corrected chi connectivity index (χ1v) is 9.21. The fraction of sp³-hybridized carbons (Fsp3) is 0.120. The van der Waals surface area contributed by atoms with Crippen molar-refractivity contribution in [3.05, 3.63) is 84.9 Å². The maximum Gasteiger partial charge on any atom is 0.128 e. The van der Waals surface area contributed by atoms with E-state index in [1.54, 1.807) is 6.07 Å². The highest BCUT2D eigenvalue weighted by Crippen LogP contribution is 2.45. The molecule has 0 bridgehead atoms. The molecule has 0 saturated carbocycles. The minimum absolute atomic E-state index is 0.0629. The molecule has 0 aliphatic rings. The summed E-state index contributed by atoms with van der Waals surface area (Å²) in [4.78, 5) is 0. The maximum absolute atomic E-state index is 10.8. The van der Waals surface area contributed by atoms with Crippen molar-refractivity contribution in [3.63, 3.8) is 0 Å². The van der Waals surface area contributed by atoms with Crippen LogP contribution in [0.3, 0.4) is 0 Å². The molecule has 0 radical (unpaired) electrons. The van der Waals surface area contributed by atoms with Crippen molar-refractivity contribution < 1.29 is 9.84 Å². The minimum Gasteiger partial charge on any atom is -0.507 e. The van der Waals surface area contributed by atoms with E-state index in [0.29, 0.717) is 0 Å². The average molecular weight is 354 g/mol. The highest BCUT2D eigenvalue weighted by molar-refractivity contribution is 6.09. The number of ether oxygens (including phenoxy) is 1. The summed E-state index contributed by atoms with van der Waals surface area (Å²) in [6.07, 6.45) is 3.94. The molecule has 2 heteroatoms. The van der Waals surface area contributed by atoms with Gasteiger partial charge in [0.2, 0.25) is 0 Å². The number of fused-ring (bicyclic) bond motifs is 2. The van der Waals surface area contributed by atoms with E-state index in [1.807, 2.05) is 68.5 Å². The highest BCUT2D eigenvalue weighted by Gasteiger charge is 2.18. The Morgan fingerprint density at radius 1 is 0.778 bits per heavy atom. The Hall–Kier alpha value is -3.26. The molecular formula is C25H22O2. The van der Waals surface area contributed by atoms with E-state index in [0.717, 1.165) is 38.4 Å². The van der Waals surface area contributed by atoms with E-state index < -0.39 is 0 Å². The van der Waals surface area contributed by atoms with Crippen LogP contribution in [0.15, 0.2) is 84.9 Å². The summed E-state index contributed by atoms with van der Waals surface area (Å²) >= 11 is 0. The van der Waals surface area contributed by atoms with E-state index in [1.165, 1.54) is 0 Å². The number of phenols is 1. The monoisotopic (exact) mass is 354 g/mol. The lowest BCUT2D eigenvalue weighted by atomic mass is 9.92. The first-order valence-electron chi connectivity index (χ1n) is 9.21. The van der Waals surface area contributed by atoms with Crippen LogP contribution in [0.4, 0.5) is 0 Å². The number of phenolic OH excluding ortho intramolecular Hbond substituents is 1. The molecule has 0 spiro atoms. The van der Waals surface area contributed by atoms with Gasteiger partial charge in [-0.1, -0.05) is 66.7 Å². The van der Waals surface area contributed by atoms with Crippen LogP contribution in [0.2, 0.25) is 0 Å². The van der Waals surface area contributed by atoms with E-state index in [2.05, 4.69) is 24.3 Å². The van der Waals surface area contributed by atoms with Gasteiger partial charge in [-0.05, 0) is 53.6 Å². The lowest BCUT2D eigenvalue weighted by Gasteiger charge is -2.19. The first kappa shape index (κ1) is 17.2. The van der Waals surface area contributed by atoms with E-state index >= 15 is 0 Å². The van der Waals surface area contributed by atoms with Crippen molar-refractivity contribution in [2.45, 2.75) is 20.0 Å². The molecule has 4 rings (SSSR count). The Kier molecular flexibility index (Phi) is 4.55. The number of allylic oxidation sites excluding steroid dienone is 1. The Balaban J connectivity index is 2.07. The third kappa shape index (κ3) is 3.15. The van der Waals surface area contributed by atoms with Gasteiger partial charge in [-0.3, -0.25) is 0 Å². The van der Waals surface area contributed by atoms with Crippen LogP contribution in [0, 0.1) is 0 Å². The molecular weight excluding hydrogens is 332 g/mol. The van der Waals surface area contributed by atoms with Crippen LogP contribution in [0.1, 0.15) is 13.8 Å². The number of hydrogen-bond donors (Lipinski definition) is 1. The molecule has 134 valence electrons. The molecule has 4 aromatic carbocycles. The van der Waals surface area contributed by atoms with Gasteiger partial charge < -0.3 is 9.84 Å². The largest absolute Gasteiger partial charge is 0.507 e. The predicted octanol–water partition coefficient (Wildman–Crippen LogP) is 6.71. The molecule has 1 atom stereocenters. The zero-order chi connectivity index (χ0) is 18.8. The van der Waals surface area contributed by atoms with Crippen LogP contribution in [-0.2, 0) is 0 Å². The van der Waals surface area contributed by atoms with Crippen LogP contribution >= 0.6 is 0 Å². The average Bonchev–Trinajstić information content (AvgIpc) is 2.69. The maximum atomic E-state index is 10.8. The fourth-order valence-electron chi connectivity index (χ4n) is 3.64. The fourth-order valence-corrected chi connectivity index (χ4v) is 3.64. The molecule has 1 N–H and O–H groups in total. The molecule has 0 heterocycles. The zero-order valence-electron chi connectivity index (χ0n) is 15.5. The SMILES string of the molecule is C/C=C/[C@H](C)Oc1ccc2ccccc2c1-c1c(O)ccc2ccccc12. The lowest BCUT2D eigenvalue weighted by molar-refractivity contribution is 0.271. The summed E-state index contributed by atoms with van der Waals surface area (Å²) in [5, 5.41) is 15.1. The molecule has 0 amide bonds. The van der Waals surface area contributed by atoms with E-state index in [4.69, 9.17) is 4.74 Å². The summed E-state index contributed by atoms with van der Waals surface area (Å²) in [6.45, 7) is 4.00. The standard InChI is InChI=1S/C25H22O2/c1-3-8-17(2)27-23-16-14-19-10-5-7-12-21(19)25(23)24-20-11-6-4-9-18(20)13-15-22(24)26/h3-17,26H,1-2H3/b8-3+/t17-/m0/s1. The van der Waals surface area contributed by atoms with Gasteiger partial charge in [-0.15, -0.1) is 0 Å². The van der Waals surface area contributed by atoms with Crippen LogP contribution in [0.25, 0.3) is 32.7 Å². The van der Waals surface area contributed by atoms with Gasteiger partial charge in [0.15, 0.2) is 0 Å². The van der Waals surface area contributed by atoms with Gasteiger partial charge in [0.05, 0.1) is 0 Å². The highest BCUT2D eigenvalue weighted by atomic mass is 16.5. The van der Waals surface area contributed by atoms with Crippen molar-refractivity contribution in [1.82, 2.24) is 0 Å². The van der Waals surface area contributed by atoms with Crippen molar-refractivity contribution in [2.75, 3.05) is 0 Å². The first-order chi connectivity index (χ1) is 13.2. The summed E-state index contributed by atoms with van der Waals surface area (Å²) in [5.74, 6) is 1.03. The molecule has 2 nitrogen and oxygen atoms in total. The summed E-state index contributed by atoms with van der Waals surface area (Å²) in [5.41, 5.74) is 1.74. The van der Waals surface area contributed by atoms with Gasteiger partial charge >= 0.3 is 0 Å². The molecule has 27 heavy (non-hydrogen) atoms. The van der Waals surface area contributed by atoms with E-state index in [9.17, 15) is 5.11 Å². The van der Waals surface area contributed by atoms with Crippen molar-refractivity contribution >= 4 is 21.5 Å². The Labute approximate surface area is 159 Å². The van der Waals surface area contributed by atoms with Crippen LogP contribution in [0.5, 0.6) is 11.5 Å².